The van der Waals surface area contributed by atoms with Crippen LogP contribution in [-0.4, -0.2) is 38.8 Å². The monoisotopic (exact) mass is 476 g/mol. The second-order valence-corrected chi connectivity index (χ2v) is 10.7. The quantitative estimate of drug-likeness (QED) is 0.552. The van der Waals surface area contributed by atoms with Crippen LogP contribution in [0.3, 0.4) is 0 Å². The van der Waals surface area contributed by atoms with E-state index in [2.05, 4.69) is 5.32 Å². The largest absolute Gasteiger partial charge is 0.380 e. The van der Waals surface area contributed by atoms with Crippen molar-refractivity contribution >= 4 is 37.4 Å². The summed E-state index contributed by atoms with van der Waals surface area (Å²) in [6, 6.07) is 11.4. The van der Waals surface area contributed by atoms with E-state index in [9.17, 15) is 17.6 Å². The molecule has 0 saturated carbocycles. The second-order valence-electron chi connectivity index (χ2n) is 7.75. The van der Waals surface area contributed by atoms with Gasteiger partial charge in [0.15, 0.2) is 0 Å². The molecule has 1 fully saturated rings. The minimum absolute atomic E-state index is 0.118. The molecule has 1 amide bonds. The molecular formula is C23H25FN2O4S2. The van der Waals surface area contributed by atoms with Crippen molar-refractivity contribution in [1.82, 2.24) is 9.62 Å². The standard InChI is InChI=1S/C23H25FN2O4S2/c1-30-15-18-21-19(24)9-6-10-20(21)31-22(18)23(27)25-14-16-7-5-8-17(13-16)32(28,29)26-11-3-2-4-12-26/h5-10,13H,2-4,11-12,14-15H2,1H3,(H,25,27). The molecule has 1 aliphatic rings. The Morgan fingerprint density at radius 2 is 1.91 bits per heavy atom. The zero-order chi connectivity index (χ0) is 22.7. The van der Waals surface area contributed by atoms with Gasteiger partial charge in [0.05, 0.1) is 16.4 Å². The molecule has 2 aromatic carbocycles. The fraction of sp³-hybridized carbons (Fsp3) is 0.348. The Labute approximate surface area is 191 Å². The number of hydrogen-bond donors (Lipinski definition) is 1. The number of nitrogens with one attached hydrogen (secondary N) is 1. The first-order valence-electron chi connectivity index (χ1n) is 10.5. The normalized spacial score (nSPS) is 15.2. The van der Waals surface area contributed by atoms with Crippen LogP contribution in [0.2, 0.25) is 0 Å². The molecule has 32 heavy (non-hydrogen) atoms. The maximum atomic E-state index is 14.4. The Morgan fingerprint density at radius 3 is 2.66 bits per heavy atom. The molecule has 0 radical (unpaired) electrons. The number of sulfonamides is 1. The summed E-state index contributed by atoms with van der Waals surface area (Å²) >= 11 is 1.21. The predicted octanol–water partition coefficient (Wildman–Crippen LogP) is 4.29. The molecular weight excluding hydrogens is 451 g/mol. The minimum atomic E-state index is -3.55. The third kappa shape index (κ3) is 4.56. The van der Waals surface area contributed by atoms with Crippen molar-refractivity contribution in [2.45, 2.75) is 37.3 Å². The van der Waals surface area contributed by atoms with Crippen LogP contribution < -0.4 is 5.32 Å². The molecule has 1 aliphatic heterocycles. The zero-order valence-electron chi connectivity index (χ0n) is 17.8. The van der Waals surface area contributed by atoms with E-state index < -0.39 is 10.0 Å². The van der Waals surface area contributed by atoms with Crippen LogP contribution in [-0.2, 0) is 27.9 Å². The van der Waals surface area contributed by atoms with Crippen LogP contribution in [0.4, 0.5) is 4.39 Å². The van der Waals surface area contributed by atoms with Gasteiger partial charge in [-0.3, -0.25) is 4.79 Å². The van der Waals surface area contributed by atoms with Crippen molar-refractivity contribution < 1.29 is 22.3 Å². The molecule has 0 unspecified atom stereocenters. The summed E-state index contributed by atoms with van der Waals surface area (Å²) in [6.45, 7) is 1.35. The number of hydrogen-bond acceptors (Lipinski definition) is 5. The molecule has 2 heterocycles. The number of benzene rings is 2. The Hall–Kier alpha value is -2.33. The van der Waals surface area contributed by atoms with Crippen molar-refractivity contribution in [1.29, 1.82) is 0 Å². The summed E-state index contributed by atoms with van der Waals surface area (Å²) in [6.07, 6.45) is 2.79. The van der Waals surface area contributed by atoms with Crippen molar-refractivity contribution in [2.75, 3.05) is 20.2 Å². The number of rotatable bonds is 7. The van der Waals surface area contributed by atoms with E-state index in [1.165, 1.54) is 28.8 Å². The van der Waals surface area contributed by atoms with Gasteiger partial charge in [0, 0.05) is 42.4 Å². The summed E-state index contributed by atoms with van der Waals surface area (Å²) in [7, 11) is -2.05. The van der Waals surface area contributed by atoms with E-state index in [1.807, 2.05) is 0 Å². The molecule has 9 heteroatoms. The molecule has 1 N–H and O–H groups in total. The van der Waals surface area contributed by atoms with Gasteiger partial charge in [-0.1, -0.05) is 24.6 Å². The molecule has 0 aliphatic carbocycles. The number of carbonyl (C=O) groups is 1. The number of thiophene rings is 1. The lowest BCUT2D eigenvalue weighted by atomic mass is 10.1. The maximum absolute atomic E-state index is 14.4. The second kappa shape index (κ2) is 9.66. The summed E-state index contributed by atoms with van der Waals surface area (Å²) < 4.78 is 47.6. The molecule has 1 aromatic heterocycles. The number of nitrogens with zero attached hydrogens (tertiary/aromatic N) is 1. The average molecular weight is 477 g/mol. The van der Waals surface area contributed by atoms with Crippen LogP contribution >= 0.6 is 11.3 Å². The highest BCUT2D eigenvalue weighted by molar-refractivity contribution is 7.89. The predicted molar refractivity (Wildman–Crippen MR) is 123 cm³/mol. The summed E-state index contributed by atoms with van der Waals surface area (Å²) in [4.78, 5) is 13.5. The van der Waals surface area contributed by atoms with Crippen LogP contribution in [0, 0.1) is 5.82 Å². The average Bonchev–Trinajstić information content (AvgIpc) is 3.18. The Balaban J connectivity index is 1.53. The van der Waals surface area contributed by atoms with Crippen molar-refractivity contribution in [3.8, 4) is 0 Å². The molecule has 0 bridgehead atoms. The smallest absolute Gasteiger partial charge is 0.262 e. The molecule has 6 nitrogen and oxygen atoms in total. The van der Waals surface area contributed by atoms with Gasteiger partial charge >= 0.3 is 0 Å². The SMILES string of the molecule is COCc1c(C(=O)NCc2cccc(S(=O)(=O)N3CCCCC3)c2)sc2cccc(F)c12. The molecule has 1 saturated heterocycles. The van der Waals surface area contributed by atoms with Crippen molar-refractivity contribution in [3.63, 3.8) is 0 Å². The highest BCUT2D eigenvalue weighted by Crippen LogP contribution is 2.33. The summed E-state index contributed by atoms with van der Waals surface area (Å²) in [5.41, 5.74) is 1.20. The number of piperidine rings is 1. The number of ether oxygens (including phenoxy) is 1. The van der Waals surface area contributed by atoms with E-state index in [0.717, 1.165) is 19.3 Å². The lowest BCUT2D eigenvalue weighted by molar-refractivity contribution is 0.0950. The summed E-state index contributed by atoms with van der Waals surface area (Å²) in [5, 5.41) is 3.24. The fourth-order valence-corrected chi connectivity index (χ4v) is 6.69. The van der Waals surface area contributed by atoms with Crippen LogP contribution in [0.25, 0.3) is 10.1 Å². The number of fused-ring (bicyclic) bond motifs is 1. The Kier molecular flexibility index (Phi) is 6.90. The van der Waals surface area contributed by atoms with Gasteiger partial charge < -0.3 is 10.1 Å². The lowest BCUT2D eigenvalue weighted by Gasteiger charge is -2.26. The van der Waals surface area contributed by atoms with Crippen molar-refractivity contribution in [3.05, 3.63) is 64.3 Å². The number of carbonyl (C=O) groups excluding carboxylic acids is 1. The Morgan fingerprint density at radius 1 is 1.16 bits per heavy atom. The topological polar surface area (TPSA) is 75.7 Å². The van der Waals surface area contributed by atoms with Crippen LogP contribution in [0.1, 0.15) is 40.1 Å². The molecule has 0 atom stereocenters. The van der Waals surface area contributed by atoms with E-state index >= 15 is 0 Å². The fourth-order valence-electron chi connectivity index (χ4n) is 3.97. The third-order valence-electron chi connectivity index (χ3n) is 5.56. The molecule has 170 valence electrons. The van der Waals surface area contributed by atoms with E-state index in [4.69, 9.17) is 4.74 Å². The number of methoxy groups -OCH3 is 1. The molecule has 0 spiro atoms. The highest BCUT2D eigenvalue weighted by Gasteiger charge is 2.26. The van der Waals surface area contributed by atoms with Crippen molar-refractivity contribution in [2.24, 2.45) is 0 Å². The van der Waals surface area contributed by atoms with E-state index in [-0.39, 0.29) is 29.8 Å². The third-order valence-corrected chi connectivity index (χ3v) is 8.65. The number of halogens is 1. The molecule has 4 rings (SSSR count). The van der Waals surface area contributed by atoms with Gasteiger partial charge in [0.2, 0.25) is 10.0 Å². The highest BCUT2D eigenvalue weighted by atomic mass is 32.2. The molecule has 3 aromatic rings. The maximum Gasteiger partial charge on any atom is 0.262 e. The van der Waals surface area contributed by atoms with Crippen LogP contribution in [0.5, 0.6) is 0 Å². The van der Waals surface area contributed by atoms with Crippen LogP contribution in [0.15, 0.2) is 47.4 Å². The first kappa shape index (κ1) is 22.8. The van der Waals surface area contributed by atoms with E-state index in [1.54, 1.807) is 36.4 Å². The van der Waals surface area contributed by atoms with Gasteiger partial charge in [-0.25, -0.2) is 12.8 Å². The van der Waals surface area contributed by atoms with Gasteiger partial charge in [0.1, 0.15) is 5.82 Å². The summed E-state index contributed by atoms with van der Waals surface area (Å²) in [5.74, 6) is -0.734. The lowest BCUT2D eigenvalue weighted by Crippen LogP contribution is -2.35. The number of amides is 1. The minimum Gasteiger partial charge on any atom is -0.380 e. The van der Waals surface area contributed by atoms with E-state index in [0.29, 0.717) is 39.2 Å². The van der Waals surface area contributed by atoms with Gasteiger partial charge in [-0.05, 0) is 42.7 Å². The zero-order valence-corrected chi connectivity index (χ0v) is 19.4. The van der Waals surface area contributed by atoms with Gasteiger partial charge in [-0.15, -0.1) is 11.3 Å². The first-order chi connectivity index (χ1) is 15.4. The first-order valence-corrected chi connectivity index (χ1v) is 12.7. The van der Waals surface area contributed by atoms with Gasteiger partial charge in [-0.2, -0.15) is 4.31 Å². The Bertz CT molecular complexity index is 1230. The van der Waals surface area contributed by atoms with Gasteiger partial charge in [0.25, 0.3) is 5.91 Å².